The number of rotatable bonds is 0. The van der Waals surface area contributed by atoms with Crippen LogP contribution in [-0.2, 0) is 0 Å². The molecular weight excluding hydrogens is 160 g/mol. The number of aryl methyl sites for hydroxylation is 1. The highest BCUT2D eigenvalue weighted by Crippen LogP contribution is 1.98. The van der Waals surface area contributed by atoms with E-state index in [1.807, 2.05) is 32.9 Å². The minimum absolute atomic E-state index is 0.440. The van der Waals surface area contributed by atoms with Crippen molar-refractivity contribution in [1.29, 1.82) is 0 Å². The molecule has 0 fully saturated rings. The third kappa shape index (κ3) is 3.73. The predicted molar refractivity (Wildman–Crippen MR) is 54.1 cm³/mol. The van der Waals surface area contributed by atoms with E-state index < -0.39 is 5.54 Å². The molecule has 0 saturated heterocycles. The van der Waals surface area contributed by atoms with E-state index in [2.05, 4.69) is 16.8 Å². The van der Waals surface area contributed by atoms with Gasteiger partial charge < -0.3 is 5.73 Å². The van der Waals surface area contributed by atoms with Gasteiger partial charge in [-0.05, 0) is 32.9 Å². The Morgan fingerprint density at radius 1 is 1.38 bits per heavy atom. The van der Waals surface area contributed by atoms with Crippen LogP contribution >= 0.6 is 0 Å². The summed E-state index contributed by atoms with van der Waals surface area (Å²) in [6.07, 6.45) is 1.76. The van der Waals surface area contributed by atoms with Gasteiger partial charge in [0, 0.05) is 17.5 Å². The van der Waals surface area contributed by atoms with Crippen molar-refractivity contribution in [2.75, 3.05) is 0 Å². The number of hydrogen-bond acceptors (Lipinski definition) is 2. The average molecular weight is 174 g/mol. The van der Waals surface area contributed by atoms with Crippen molar-refractivity contribution in [3.05, 3.63) is 29.6 Å². The van der Waals surface area contributed by atoms with E-state index in [9.17, 15) is 0 Å². The second-order valence-electron chi connectivity index (χ2n) is 3.66. The Balaban J connectivity index is 2.85. The summed E-state index contributed by atoms with van der Waals surface area (Å²) in [5.41, 5.74) is 7.18. The van der Waals surface area contributed by atoms with E-state index in [4.69, 9.17) is 5.73 Å². The molecule has 2 heteroatoms. The molecule has 1 rings (SSSR count). The van der Waals surface area contributed by atoms with Crippen LogP contribution < -0.4 is 5.73 Å². The maximum atomic E-state index is 5.72. The average Bonchev–Trinajstić information content (AvgIpc) is 2.02. The van der Waals surface area contributed by atoms with Crippen LogP contribution in [-0.4, -0.2) is 10.5 Å². The van der Waals surface area contributed by atoms with Gasteiger partial charge in [0.15, 0.2) is 0 Å². The predicted octanol–water partition coefficient (Wildman–Crippen LogP) is 1.48. The summed E-state index contributed by atoms with van der Waals surface area (Å²) in [7, 11) is 0. The SMILES string of the molecule is Cc1ccc(C#CC(C)(C)N)cn1. The number of nitrogens with two attached hydrogens (primary N) is 1. The summed E-state index contributed by atoms with van der Waals surface area (Å²) in [6, 6.07) is 3.88. The first kappa shape index (κ1) is 9.76. The molecule has 0 radical (unpaired) electrons. The molecule has 0 atom stereocenters. The van der Waals surface area contributed by atoms with E-state index in [0.717, 1.165) is 11.3 Å². The van der Waals surface area contributed by atoms with Crippen LogP contribution in [0.4, 0.5) is 0 Å². The molecule has 0 unspecified atom stereocenters. The number of pyridine rings is 1. The molecule has 1 aromatic heterocycles. The van der Waals surface area contributed by atoms with E-state index >= 15 is 0 Å². The van der Waals surface area contributed by atoms with Crippen LogP contribution in [0.5, 0.6) is 0 Å². The standard InChI is InChI=1S/C11H14N2/c1-9-4-5-10(8-13-9)6-7-11(2,3)12/h4-5,8H,12H2,1-3H3. The van der Waals surface area contributed by atoms with Crippen molar-refractivity contribution in [2.45, 2.75) is 26.3 Å². The summed E-state index contributed by atoms with van der Waals surface area (Å²) >= 11 is 0. The van der Waals surface area contributed by atoms with Gasteiger partial charge in [-0.3, -0.25) is 4.98 Å². The highest BCUT2D eigenvalue weighted by molar-refractivity contribution is 5.34. The van der Waals surface area contributed by atoms with Gasteiger partial charge in [0.1, 0.15) is 0 Å². The molecule has 0 aliphatic carbocycles. The molecule has 0 aliphatic heterocycles. The largest absolute Gasteiger partial charge is 0.316 e. The fourth-order valence-electron chi connectivity index (χ4n) is 0.775. The monoisotopic (exact) mass is 174 g/mol. The molecule has 2 nitrogen and oxygen atoms in total. The topological polar surface area (TPSA) is 38.9 Å². The Bertz CT molecular complexity index is 333. The quantitative estimate of drug-likeness (QED) is 0.605. The Labute approximate surface area is 79.2 Å². The third-order valence-electron chi connectivity index (χ3n) is 1.44. The van der Waals surface area contributed by atoms with Crippen LogP contribution in [0.3, 0.4) is 0 Å². The molecule has 1 heterocycles. The zero-order valence-electron chi connectivity index (χ0n) is 8.26. The van der Waals surface area contributed by atoms with Gasteiger partial charge in [0.2, 0.25) is 0 Å². The molecule has 2 N–H and O–H groups in total. The van der Waals surface area contributed by atoms with Crippen molar-refractivity contribution < 1.29 is 0 Å². The van der Waals surface area contributed by atoms with Crippen molar-refractivity contribution >= 4 is 0 Å². The van der Waals surface area contributed by atoms with E-state index in [1.165, 1.54) is 0 Å². The molecule has 0 saturated carbocycles. The molecule has 1 aromatic rings. The minimum atomic E-state index is -0.440. The van der Waals surface area contributed by atoms with Gasteiger partial charge in [-0.25, -0.2) is 0 Å². The smallest absolute Gasteiger partial charge is 0.0722 e. The second kappa shape index (κ2) is 3.59. The Morgan fingerprint density at radius 3 is 2.54 bits per heavy atom. The third-order valence-corrected chi connectivity index (χ3v) is 1.44. The van der Waals surface area contributed by atoms with Gasteiger partial charge in [0.25, 0.3) is 0 Å². The second-order valence-corrected chi connectivity index (χ2v) is 3.66. The maximum Gasteiger partial charge on any atom is 0.0722 e. The molecular formula is C11H14N2. The van der Waals surface area contributed by atoms with Crippen molar-refractivity contribution in [3.8, 4) is 11.8 Å². The van der Waals surface area contributed by atoms with Gasteiger partial charge in [-0.1, -0.05) is 11.8 Å². The molecule has 0 aromatic carbocycles. The summed E-state index contributed by atoms with van der Waals surface area (Å²) in [6.45, 7) is 5.70. The Kier molecular flexibility index (Phi) is 2.69. The van der Waals surface area contributed by atoms with E-state index in [0.29, 0.717) is 0 Å². The zero-order chi connectivity index (χ0) is 9.90. The van der Waals surface area contributed by atoms with Crippen LogP contribution in [0.2, 0.25) is 0 Å². The molecule has 68 valence electrons. The lowest BCUT2D eigenvalue weighted by Gasteiger charge is -2.07. The lowest BCUT2D eigenvalue weighted by molar-refractivity contribution is 0.680. The summed E-state index contributed by atoms with van der Waals surface area (Å²) in [5.74, 6) is 5.92. The first-order valence-corrected chi connectivity index (χ1v) is 4.22. The first-order chi connectivity index (χ1) is 5.97. The van der Waals surface area contributed by atoms with E-state index in [1.54, 1.807) is 6.20 Å². The van der Waals surface area contributed by atoms with Crippen LogP contribution in [0.1, 0.15) is 25.1 Å². The van der Waals surface area contributed by atoms with Gasteiger partial charge in [-0.15, -0.1) is 0 Å². The number of nitrogens with zero attached hydrogens (tertiary/aromatic N) is 1. The van der Waals surface area contributed by atoms with Gasteiger partial charge in [-0.2, -0.15) is 0 Å². The first-order valence-electron chi connectivity index (χ1n) is 4.22. The van der Waals surface area contributed by atoms with Crippen LogP contribution in [0.15, 0.2) is 18.3 Å². The normalized spacial score (nSPS) is 10.5. The number of aromatic nitrogens is 1. The zero-order valence-corrected chi connectivity index (χ0v) is 8.26. The lowest BCUT2D eigenvalue weighted by Crippen LogP contribution is -2.29. The van der Waals surface area contributed by atoms with Crippen LogP contribution in [0, 0.1) is 18.8 Å². The van der Waals surface area contributed by atoms with Crippen molar-refractivity contribution in [2.24, 2.45) is 5.73 Å². The molecule has 0 bridgehead atoms. The molecule has 13 heavy (non-hydrogen) atoms. The Morgan fingerprint density at radius 2 is 2.08 bits per heavy atom. The number of hydrogen-bond donors (Lipinski definition) is 1. The highest BCUT2D eigenvalue weighted by atomic mass is 14.7. The fourth-order valence-corrected chi connectivity index (χ4v) is 0.775. The minimum Gasteiger partial charge on any atom is -0.316 e. The summed E-state index contributed by atoms with van der Waals surface area (Å²) < 4.78 is 0. The van der Waals surface area contributed by atoms with Crippen molar-refractivity contribution in [3.63, 3.8) is 0 Å². The van der Waals surface area contributed by atoms with Gasteiger partial charge in [0.05, 0.1) is 5.54 Å². The fraction of sp³-hybridized carbons (Fsp3) is 0.364. The lowest BCUT2D eigenvalue weighted by atomic mass is 10.1. The molecule has 0 spiro atoms. The van der Waals surface area contributed by atoms with Crippen molar-refractivity contribution in [1.82, 2.24) is 4.98 Å². The van der Waals surface area contributed by atoms with Crippen LogP contribution in [0.25, 0.3) is 0 Å². The summed E-state index contributed by atoms with van der Waals surface area (Å²) in [5, 5.41) is 0. The maximum absolute atomic E-state index is 5.72. The highest BCUT2D eigenvalue weighted by Gasteiger charge is 2.03. The Hall–Kier alpha value is -1.33. The molecule has 0 aliphatic rings. The van der Waals surface area contributed by atoms with E-state index in [-0.39, 0.29) is 0 Å². The van der Waals surface area contributed by atoms with Gasteiger partial charge >= 0.3 is 0 Å². The molecule has 0 amide bonds. The summed E-state index contributed by atoms with van der Waals surface area (Å²) in [4.78, 5) is 4.14.